The van der Waals surface area contributed by atoms with Gasteiger partial charge in [0.25, 0.3) is 5.97 Å². The van der Waals surface area contributed by atoms with Gasteiger partial charge in [0, 0.05) is 6.92 Å². The summed E-state index contributed by atoms with van der Waals surface area (Å²) in [6.07, 6.45) is 0. The molecule has 6 heavy (non-hydrogen) atoms. The fraction of sp³-hybridized carbons (Fsp3) is 0.500. The van der Waals surface area contributed by atoms with Crippen LogP contribution >= 0.6 is 0 Å². The van der Waals surface area contributed by atoms with Gasteiger partial charge in [-0.2, -0.15) is 0 Å². The number of hydrogen-bond donors (Lipinski definition) is 1. The molecule has 0 saturated heterocycles. The van der Waals surface area contributed by atoms with Gasteiger partial charge >= 0.3 is 29.6 Å². The van der Waals surface area contributed by atoms with Crippen LogP contribution in [0.2, 0.25) is 0 Å². The molecule has 0 aromatic heterocycles. The van der Waals surface area contributed by atoms with Crippen LogP contribution in [0, 0.1) is 0 Å². The molecule has 2 nitrogen and oxygen atoms in total. The fourth-order valence-electron chi connectivity index (χ4n) is 0. The van der Waals surface area contributed by atoms with Crippen molar-refractivity contribution in [3.05, 3.63) is 0 Å². The van der Waals surface area contributed by atoms with Crippen LogP contribution in [0.4, 0.5) is 0 Å². The number of carboxylic acid groups (broad SMARTS) is 1. The van der Waals surface area contributed by atoms with Gasteiger partial charge in [0.1, 0.15) is 0 Å². The average molecular weight is 114 g/mol. The first-order valence-electron chi connectivity index (χ1n) is 0.928. The van der Waals surface area contributed by atoms with Crippen molar-refractivity contribution in [2.45, 2.75) is 6.92 Å². The van der Waals surface area contributed by atoms with E-state index in [4.69, 9.17) is 9.90 Å². The topological polar surface area (TPSA) is 37.3 Å². The van der Waals surface area contributed by atoms with Crippen LogP contribution in [0.3, 0.4) is 0 Å². The third-order valence-corrected chi connectivity index (χ3v) is 0. The summed E-state index contributed by atoms with van der Waals surface area (Å²) in [5.74, 6) is -0.833. The normalized spacial score (nSPS) is 4.17. The maximum Gasteiger partial charge on any atom is 1.00 e. The van der Waals surface area contributed by atoms with Crippen molar-refractivity contribution in [2.24, 2.45) is 0 Å². The Morgan fingerprint density at radius 1 is 1.83 bits per heavy atom. The van der Waals surface area contributed by atoms with Crippen molar-refractivity contribution in [3.63, 3.8) is 0 Å². The summed E-state index contributed by atoms with van der Waals surface area (Å²) in [5.41, 5.74) is 0. The van der Waals surface area contributed by atoms with E-state index in [2.05, 4.69) is 0 Å². The molecule has 0 aromatic rings. The first-order chi connectivity index (χ1) is 1.73. The zero-order chi connectivity index (χ0) is 3.58. The van der Waals surface area contributed by atoms with Gasteiger partial charge in [-0.15, -0.1) is 0 Å². The maximum absolute atomic E-state index is 9.00. The second-order valence-electron chi connectivity index (χ2n) is 0.519. The summed E-state index contributed by atoms with van der Waals surface area (Å²) >= 11 is 0. The molecular formula is C2H8AlNaO2. The number of carbonyl (C=O) groups is 1. The molecule has 0 radical (unpaired) electrons. The number of hydrogen-bond acceptors (Lipinski definition) is 1. The zero-order valence-corrected chi connectivity index (χ0v) is 5.36. The number of rotatable bonds is 0. The Balaban J connectivity index is -0.0000000150. The Morgan fingerprint density at radius 3 is 1.83 bits per heavy atom. The predicted octanol–water partition coefficient (Wildman–Crippen LogP) is -3.98. The molecule has 0 rings (SSSR count). The molecular weight excluding hydrogens is 106 g/mol. The van der Waals surface area contributed by atoms with E-state index in [0.717, 1.165) is 6.92 Å². The van der Waals surface area contributed by atoms with E-state index in [1.165, 1.54) is 0 Å². The minimum absolute atomic E-state index is 0. The van der Waals surface area contributed by atoms with Gasteiger partial charge in [-0.05, 0) is 0 Å². The van der Waals surface area contributed by atoms with E-state index < -0.39 is 5.97 Å². The Bertz CT molecular complexity index is 38.7. The Labute approximate surface area is 70.8 Å². The molecule has 0 saturated carbocycles. The summed E-state index contributed by atoms with van der Waals surface area (Å²) < 4.78 is 0. The van der Waals surface area contributed by atoms with Crippen molar-refractivity contribution >= 4 is 23.3 Å². The van der Waals surface area contributed by atoms with Crippen LogP contribution in [-0.4, -0.2) is 28.4 Å². The standard InChI is InChI=1S/C2H4O2.Al.Na.4H/c1-2(3)4;;;;;;/h1H3,(H,3,4);;;;;;/q;;+1;;;;-1. The molecule has 0 aromatic carbocycles. The molecule has 0 aliphatic carbocycles. The second kappa shape index (κ2) is 9.38. The third-order valence-electron chi connectivity index (χ3n) is 0. The van der Waals surface area contributed by atoms with Crippen LogP contribution < -0.4 is 29.6 Å². The molecule has 4 heteroatoms. The van der Waals surface area contributed by atoms with E-state index in [0.29, 0.717) is 0 Å². The van der Waals surface area contributed by atoms with Crippen LogP contribution in [0.25, 0.3) is 0 Å². The summed E-state index contributed by atoms with van der Waals surface area (Å²) in [4.78, 5) is 9.00. The van der Waals surface area contributed by atoms with Gasteiger partial charge in [0.05, 0.1) is 0 Å². The fourth-order valence-corrected chi connectivity index (χ4v) is 0. The van der Waals surface area contributed by atoms with E-state index in [1.54, 1.807) is 0 Å². The van der Waals surface area contributed by atoms with E-state index in [9.17, 15) is 0 Å². The molecule has 0 aliphatic rings. The summed E-state index contributed by atoms with van der Waals surface area (Å²) in [6, 6.07) is 0. The molecule has 1 N–H and O–H groups in total. The summed E-state index contributed by atoms with van der Waals surface area (Å²) in [5, 5.41) is 7.42. The molecule has 0 amide bonds. The summed E-state index contributed by atoms with van der Waals surface area (Å²) in [7, 11) is 0. The maximum atomic E-state index is 9.00. The van der Waals surface area contributed by atoms with Gasteiger partial charge in [0.2, 0.25) is 0 Å². The van der Waals surface area contributed by atoms with Gasteiger partial charge in [-0.1, -0.05) is 0 Å². The monoisotopic (exact) mass is 114 g/mol. The summed E-state index contributed by atoms with van der Waals surface area (Å²) in [6.45, 7) is 1.08. The quantitative estimate of drug-likeness (QED) is 0.326. The van der Waals surface area contributed by atoms with E-state index in [-0.39, 0.29) is 48.3 Å². The van der Waals surface area contributed by atoms with Crippen LogP contribution in [-0.2, 0) is 4.79 Å². The Hall–Kier alpha value is 1.00. The van der Waals surface area contributed by atoms with E-state index in [1.807, 2.05) is 0 Å². The molecule has 0 heterocycles. The van der Waals surface area contributed by atoms with Gasteiger partial charge in [0.15, 0.2) is 17.4 Å². The van der Waals surface area contributed by atoms with Crippen LogP contribution in [0.15, 0.2) is 0 Å². The van der Waals surface area contributed by atoms with Crippen molar-refractivity contribution in [2.75, 3.05) is 0 Å². The van der Waals surface area contributed by atoms with Crippen molar-refractivity contribution in [1.29, 1.82) is 0 Å². The minimum Gasteiger partial charge on any atom is -1.00 e. The average Bonchev–Trinajstić information content (AvgIpc) is 0.811. The Morgan fingerprint density at radius 2 is 1.83 bits per heavy atom. The zero-order valence-electron chi connectivity index (χ0n) is 4.36. The Kier molecular flexibility index (Phi) is 24.6. The smallest absolute Gasteiger partial charge is 1.00 e. The first kappa shape index (κ1) is 15.7. The predicted molar refractivity (Wildman–Crippen MR) is 24.4 cm³/mol. The van der Waals surface area contributed by atoms with Crippen LogP contribution in [0.1, 0.15) is 8.35 Å². The van der Waals surface area contributed by atoms with E-state index >= 15 is 0 Å². The first-order valence-corrected chi connectivity index (χ1v) is 0.928. The van der Waals surface area contributed by atoms with Crippen LogP contribution in [0.5, 0.6) is 0 Å². The van der Waals surface area contributed by atoms with Gasteiger partial charge < -0.3 is 6.53 Å². The SMILES string of the molecule is CC(=O)O.[AlH3].[H-].[Na+]. The minimum atomic E-state index is -0.833. The van der Waals surface area contributed by atoms with Crippen molar-refractivity contribution in [3.8, 4) is 0 Å². The van der Waals surface area contributed by atoms with Gasteiger partial charge in [-0.25, -0.2) is 0 Å². The number of carboxylic acids is 1. The molecule has 32 valence electrons. The second-order valence-corrected chi connectivity index (χ2v) is 0.519. The molecule has 0 aliphatic heterocycles. The molecule has 0 fully saturated rings. The molecule has 0 unspecified atom stereocenters. The molecule has 0 bridgehead atoms. The number of aliphatic carboxylic acids is 1. The molecule has 0 spiro atoms. The third kappa shape index (κ3) is 79.7. The van der Waals surface area contributed by atoms with Crippen molar-refractivity contribution in [1.82, 2.24) is 0 Å². The molecule has 0 atom stereocenters. The van der Waals surface area contributed by atoms with Crippen molar-refractivity contribution < 1.29 is 40.9 Å². The largest absolute Gasteiger partial charge is 1.00 e. The van der Waals surface area contributed by atoms with Gasteiger partial charge in [-0.3, -0.25) is 4.79 Å².